The van der Waals surface area contributed by atoms with Crippen LogP contribution in [0.3, 0.4) is 0 Å². The van der Waals surface area contributed by atoms with E-state index in [-0.39, 0.29) is 35.2 Å². The van der Waals surface area contributed by atoms with Crippen LogP contribution in [0.4, 0.5) is 0 Å². The Morgan fingerprint density at radius 3 is 2.15 bits per heavy atom. The minimum atomic E-state index is -4.24. The van der Waals surface area contributed by atoms with Crippen LogP contribution >= 0.6 is 0 Å². The molecule has 1 heterocycles. The first-order valence-corrected chi connectivity index (χ1v) is 14.6. The SMILES string of the molecule is CCCCCCNC(=O)c1ccc(S(=O)(=O)NC(=O)c2ccc(C(=O)NCC(=O)OCc3ccccc3)nc2)cc1. The fourth-order valence-electron chi connectivity index (χ4n) is 3.58. The number of carbonyl (C=O) groups is 4. The highest BCUT2D eigenvalue weighted by Gasteiger charge is 2.20. The summed E-state index contributed by atoms with van der Waals surface area (Å²) in [5, 5.41) is 5.16. The van der Waals surface area contributed by atoms with Gasteiger partial charge in [0.2, 0.25) is 0 Å². The van der Waals surface area contributed by atoms with Gasteiger partial charge >= 0.3 is 5.97 Å². The summed E-state index contributed by atoms with van der Waals surface area (Å²) in [6, 6.07) is 16.7. The number of esters is 1. The van der Waals surface area contributed by atoms with Gasteiger partial charge in [-0.15, -0.1) is 0 Å². The van der Waals surface area contributed by atoms with Gasteiger partial charge in [0.25, 0.3) is 27.7 Å². The molecule has 0 aliphatic carbocycles. The summed E-state index contributed by atoms with van der Waals surface area (Å²) in [4.78, 5) is 52.6. The van der Waals surface area contributed by atoms with Crippen LogP contribution < -0.4 is 15.4 Å². The number of unbranched alkanes of at least 4 members (excludes halogenated alkanes) is 3. The van der Waals surface area contributed by atoms with Gasteiger partial charge in [0, 0.05) is 18.3 Å². The van der Waals surface area contributed by atoms with Crippen LogP contribution in [-0.4, -0.2) is 50.2 Å². The molecular formula is C29H32N4O7S. The molecule has 0 aliphatic rings. The van der Waals surface area contributed by atoms with E-state index in [2.05, 4.69) is 22.5 Å². The molecular weight excluding hydrogens is 548 g/mol. The van der Waals surface area contributed by atoms with Crippen molar-refractivity contribution in [2.24, 2.45) is 0 Å². The first-order valence-electron chi connectivity index (χ1n) is 13.1. The number of rotatable bonds is 14. The number of pyridine rings is 1. The molecule has 3 amide bonds. The predicted octanol–water partition coefficient (Wildman–Crippen LogP) is 2.98. The lowest BCUT2D eigenvalue weighted by atomic mass is 10.2. The van der Waals surface area contributed by atoms with E-state index in [4.69, 9.17) is 4.74 Å². The molecule has 2 aromatic carbocycles. The van der Waals surface area contributed by atoms with Crippen LogP contribution in [0, 0.1) is 0 Å². The fourth-order valence-corrected chi connectivity index (χ4v) is 4.55. The highest BCUT2D eigenvalue weighted by Crippen LogP contribution is 2.12. The first-order chi connectivity index (χ1) is 19.7. The van der Waals surface area contributed by atoms with Crippen LogP contribution in [0.5, 0.6) is 0 Å². The number of nitrogens with zero attached hydrogens (tertiary/aromatic N) is 1. The lowest BCUT2D eigenvalue weighted by molar-refractivity contribution is -0.143. The Bertz CT molecular complexity index is 1440. The van der Waals surface area contributed by atoms with Crippen molar-refractivity contribution in [3.63, 3.8) is 0 Å². The van der Waals surface area contributed by atoms with Gasteiger partial charge in [0.15, 0.2) is 0 Å². The molecule has 216 valence electrons. The number of sulfonamides is 1. The van der Waals surface area contributed by atoms with E-state index in [0.717, 1.165) is 37.4 Å². The smallest absolute Gasteiger partial charge is 0.325 e. The molecule has 0 radical (unpaired) electrons. The summed E-state index contributed by atoms with van der Waals surface area (Å²) >= 11 is 0. The zero-order valence-electron chi connectivity index (χ0n) is 22.6. The molecule has 0 atom stereocenters. The maximum absolute atomic E-state index is 12.7. The minimum absolute atomic E-state index is 0.0686. The van der Waals surface area contributed by atoms with Gasteiger partial charge in [0.05, 0.1) is 10.5 Å². The number of amides is 3. The summed E-state index contributed by atoms with van der Waals surface area (Å²) in [6.07, 6.45) is 5.11. The molecule has 0 spiro atoms. The number of nitrogens with one attached hydrogen (secondary N) is 3. The normalized spacial score (nSPS) is 10.9. The second kappa shape index (κ2) is 15.3. The maximum atomic E-state index is 12.7. The van der Waals surface area contributed by atoms with E-state index in [1.165, 1.54) is 36.4 Å². The van der Waals surface area contributed by atoms with Gasteiger partial charge in [-0.25, -0.2) is 13.1 Å². The molecule has 0 saturated heterocycles. The number of hydrogen-bond acceptors (Lipinski definition) is 8. The molecule has 0 unspecified atom stereocenters. The Kier molecular flexibility index (Phi) is 11.5. The number of benzene rings is 2. The Morgan fingerprint density at radius 2 is 1.49 bits per heavy atom. The van der Waals surface area contributed by atoms with Crippen molar-refractivity contribution in [1.82, 2.24) is 20.3 Å². The lowest BCUT2D eigenvalue weighted by Crippen LogP contribution is -2.32. The zero-order chi connectivity index (χ0) is 29.7. The molecule has 0 bridgehead atoms. The van der Waals surface area contributed by atoms with Crippen molar-refractivity contribution in [2.45, 2.75) is 44.1 Å². The van der Waals surface area contributed by atoms with E-state index in [1.54, 1.807) is 12.1 Å². The highest BCUT2D eigenvalue weighted by atomic mass is 32.2. The molecule has 3 N–H and O–H groups in total. The summed E-state index contributed by atoms with van der Waals surface area (Å²) in [5.74, 6) is -2.58. The zero-order valence-corrected chi connectivity index (χ0v) is 23.4. The Balaban J connectivity index is 1.48. The third kappa shape index (κ3) is 9.84. The topological polar surface area (TPSA) is 161 Å². The van der Waals surface area contributed by atoms with Gasteiger partial charge in [-0.2, -0.15) is 0 Å². The van der Waals surface area contributed by atoms with Gasteiger partial charge in [-0.3, -0.25) is 24.2 Å². The predicted molar refractivity (Wildman–Crippen MR) is 150 cm³/mol. The Labute approximate surface area is 238 Å². The number of aromatic nitrogens is 1. The van der Waals surface area contributed by atoms with E-state index < -0.39 is 27.8 Å². The van der Waals surface area contributed by atoms with Crippen LogP contribution in [-0.2, 0) is 26.2 Å². The third-order valence-electron chi connectivity index (χ3n) is 5.86. The van der Waals surface area contributed by atoms with Crippen LogP contribution in [0.15, 0.2) is 77.8 Å². The molecule has 3 rings (SSSR count). The Morgan fingerprint density at radius 1 is 0.780 bits per heavy atom. The third-order valence-corrected chi connectivity index (χ3v) is 7.21. The summed E-state index contributed by atoms with van der Waals surface area (Å²) in [6.45, 7) is 2.32. The van der Waals surface area contributed by atoms with Gasteiger partial charge in [0.1, 0.15) is 18.8 Å². The van der Waals surface area contributed by atoms with Crippen LogP contribution in [0.2, 0.25) is 0 Å². The molecule has 1 aromatic heterocycles. The van der Waals surface area contributed by atoms with Gasteiger partial charge < -0.3 is 15.4 Å². The molecule has 3 aromatic rings. The minimum Gasteiger partial charge on any atom is -0.460 e. The number of ether oxygens (including phenoxy) is 1. The number of hydrogen-bond donors (Lipinski definition) is 3. The second-order valence-corrected chi connectivity index (χ2v) is 10.7. The standard InChI is InChI=1S/C29H32N4O7S/c1-2-3-4-8-17-30-27(35)22-11-14-24(15-12-22)41(38,39)33-28(36)23-13-16-25(31-18-23)29(37)32-19-26(34)40-20-21-9-6-5-7-10-21/h5-7,9-16,18H,2-4,8,17,19-20H2,1H3,(H,30,35)(H,32,37)(H,33,36). The summed E-state index contributed by atoms with van der Waals surface area (Å²) in [5.41, 5.74) is 0.914. The molecule has 11 nitrogen and oxygen atoms in total. The van der Waals surface area contributed by atoms with Crippen molar-refractivity contribution < 1.29 is 32.3 Å². The van der Waals surface area contributed by atoms with Crippen molar-refractivity contribution in [2.75, 3.05) is 13.1 Å². The average molecular weight is 581 g/mol. The Hall–Kier alpha value is -4.58. The monoisotopic (exact) mass is 580 g/mol. The quantitative estimate of drug-likeness (QED) is 0.194. The first kappa shape index (κ1) is 31.0. The van der Waals surface area contributed by atoms with Crippen molar-refractivity contribution in [3.8, 4) is 0 Å². The van der Waals surface area contributed by atoms with Crippen molar-refractivity contribution in [3.05, 3.63) is 95.3 Å². The summed E-state index contributed by atoms with van der Waals surface area (Å²) in [7, 11) is -4.24. The van der Waals surface area contributed by atoms with Crippen LogP contribution in [0.1, 0.15) is 69.4 Å². The molecule has 41 heavy (non-hydrogen) atoms. The van der Waals surface area contributed by atoms with Gasteiger partial charge in [-0.05, 0) is 48.4 Å². The van der Waals surface area contributed by atoms with E-state index in [9.17, 15) is 27.6 Å². The highest BCUT2D eigenvalue weighted by molar-refractivity contribution is 7.90. The van der Waals surface area contributed by atoms with E-state index >= 15 is 0 Å². The van der Waals surface area contributed by atoms with E-state index in [1.807, 2.05) is 22.9 Å². The van der Waals surface area contributed by atoms with Crippen molar-refractivity contribution in [1.29, 1.82) is 0 Å². The van der Waals surface area contributed by atoms with Crippen LogP contribution in [0.25, 0.3) is 0 Å². The molecule has 0 saturated carbocycles. The average Bonchev–Trinajstić information content (AvgIpc) is 2.99. The largest absolute Gasteiger partial charge is 0.460 e. The fraction of sp³-hybridized carbons (Fsp3) is 0.276. The number of carbonyl (C=O) groups excluding carboxylic acids is 4. The van der Waals surface area contributed by atoms with E-state index in [0.29, 0.717) is 12.1 Å². The molecule has 0 aliphatic heterocycles. The second-order valence-electron chi connectivity index (χ2n) is 9.04. The summed E-state index contributed by atoms with van der Waals surface area (Å²) < 4.78 is 32.4. The van der Waals surface area contributed by atoms with Gasteiger partial charge in [-0.1, -0.05) is 56.5 Å². The maximum Gasteiger partial charge on any atom is 0.325 e. The lowest BCUT2D eigenvalue weighted by Gasteiger charge is -2.09. The van der Waals surface area contributed by atoms with Crippen molar-refractivity contribution >= 4 is 33.7 Å². The molecule has 12 heteroatoms. The molecule has 0 fully saturated rings.